The Morgan fingerprint density at radius 3 is 2.50 bits per heavy atom. The number of hydrogen-bond acceptors (Lipinski definition) is 1. The molecule has 2 heteroatoms. The van der Waals surface area contributed by atoms with Gasteiger partial charge in [0.05, 0.1) is 6.10 Å². The normalized spacial score (nSPS) is 14.4. The standard InChI is InChI=1S/C14H19BrO/c1-3-5-6-11(4-2)14(16)12-7-9-13(15)10-8-12/h4,7-11,14,16H,2-3,5-6H2,1H3. The van der Waals surface area contributed by atoms with Gasteiger partial charge >= 0.3 is 0 Å². The lowest BCUT2D eigenvalue weighted by Crippen LogP contribution is -2.10. The second kappa shape index (κ2) is 6.87. The van der Waals surface area contributed by atoms with Gasteiger partial charge in [0.15, 0.2) is 0 Å². The quantitative estimate of drug-likeness (QED) is 0.763. The van der Waals surface area contributed by atoms with Crippen LogP contribution in [0.5, 0.6) is 0 Å². The Morgan fingerprint density at radius 2 is 2.00 bits per heavy atom. The van der Waals surface area contributed by atoms with E-state index in [2.05, 4.69) is 29.4 Å². The summed E-state index contributed by atoms with van der Waals surface area (Å²) in [5.74, 6) is 0.154. The summed E-state index contributed by atoms with van der Waals surface area (Å²) in [5.41, 5.74) is 0.962. The third-order valence-electron chi connectivity index (χ3n) is 2.81. The molecule has 0 aliphatic carbocycles. The maximum Gasteiger partial charge on any atom is 0.0852 e. The first-order valence-corrected chi connectivity index (χ1v) is 6.54. The lowest BCUT2D eigenvalue weighted by molar-refractivity contribution is 0.126. The third kappa shape index (κ3) is 3.76. The highest BCUT2D eigenvalue weighted by Gasteiger charge is 2.17. The van der Waals surface area contributed by atoms with Crippen LogP contribution in [0.3, 0.4) is 0 Å². The number of benzene rings is 1. The van der Waals surface area contributed by atoms with Crippen LogP contribution < -0.4 is 0 Å². The van der Waals surface area contributed by atoms with Gasteiger partial charge in [-0.05, 0) is 24.1 Å². The first kappa shape index (κ1) is 13.5. The highest BCUT2D eigenvalue weighted by atomic mass is 79.9. The zero-order valence-corrected chi connectivity index (χ0v) is 11.3. The summed E-state index contributed by atoms with van der Waals surface area (Å²) in [4.78, 5) is 0. The highest BCUT2D eigenvalue weighted by molar-refractivity contribution is 9.10. The average molecular weight is 283 g/mol. The number of unbranched alkanes of at least 4 members (excludes halogenated alkanes) is 1. The SMILES string of the molecule is C=CC(CCCC)C(O)c1ccc(Br)cc1. The smallest absolute Gasteiger partial charge is 0.0852 e. The average Bonchev–Trinajstić information content (AvgIpc) is 2.30. The van der Waals surface area contributed by atoms with Crippen LogP contribution in [-0.4, -0.2) is 5.11 Å². The molecule has 2 atom stereocenters. The Balaban J connectivity index is 2.70. The van der Waals surface area contributed by atoms with Crippen LogP contribution in [0.4, 0.5) is 0 Å². The van der Waals surface area contributed by atoms with Crippen molar-refractivity contribution in [2.75, 3.05) is 0 Å². The van der Waals surface area contributed by atoms with Gasteiger partial charge in [-0.15, -0.1) is 6.58 Å². The summed E-state index contributed by atoms with van der Waals surface area (Å²) >= 11 is 3.39. The number of hydrogen-bond donors (Lipinski definition) is 1. The summed E-state index contributed by atoms with van der Waals surface area (Å²) in [6, 6.07) is 7.82. The summed E-state index contributed by atoms with van der Waals surface area (Å²) in [6.07, 6.45) is 4.71. The van der Waals surface area contributed by atoms with Gasteiger partial charge in [-0.25, -0.2) is 0 Å². The molecule has 2 unspecified atom stereocenters. The molecule has 0 saturated carbocycles. The van der Waals surface area contributed by atoms with Crippen molar-refractivity contribution in [2.45, 2.75) is 32.3 Å². The van der Waals surface area contributed by atoms with Crippen LogP contribution in [0.15, 0.2) is 41.4 Å². The minimum absolute atomic E-state index is 0.154. The fraction of sp³-hybridized carbons (Fsp3) is 0.429. The van der Waals surface area contributed by atoms with Gasteiger partial charge in [0.25, 0.3) is 0 Å². The Hall–Kier alpha value is -0.600. The van der Waals surface area contributed by atoms with Gasteiger partial charge in [0, 0.05) is 10.4 Å². The van der Waals surface area contributed by atoms with Crippen molar-refractivity contribution < 1.29 is 5.11 Å². The predicted molar refractivity (Wildman–Crippen MR) is 72.3 cm³/mol. The van der Waals surface area contributed by atoms with Crippen LogP contribution in [0.25, 0.3) is 0 Å². The first-order valence-electron chi connectivity index (χ1n) is 5.75. The van der Waals surface area contributed by atoms with Crippen molar-refractivity contribution in [1.82, 2.24) is 0 Å². The monoisotopic (exact) mass is 282 g/mol. The minimum atomic E-state index is -0.433. The van der Waals surface area contributed by atoms with Crippen molar-refractivity contribution in [3.63, 3.8) is 0 Å². The minimum Gasteiger partial charge on any atom is -0.388 e. The molecule has 0 aromatic heterocycles. The van der Waals surface area contributed by atoms with E-state index in [-0.39, 0.29) is 5.92 Å². The molecule has 0 heterocycles. The van der Waals surface area contributed by atoms with Gasteiger partial charge in [0.2, 0.25) is 0 Å². The molecule has 0 saturated heterocycles. The second-order valence-corrected chi connectivity index (χ2v) is 4.95. The van der Waals surface area contributed by atoms with Crippen molar-refractivity contribution in [3.8, 4) is 0 Å². The third-order valence-corrected chi connectivity index (χ3v) is 3.34. The van der Waals surface area contributed by atoms with Gasteiger partial charge in [0.1, 0.15) is 0 Å². The van der Waals surface area contributed by atoms with Gasteiger partial charge in [-0.3, -0.25) is 0 Å². The van der Waals surface area contributed by atoms with Gasteiger partial charge < -0.3 is 5.11 Å². The molecule has 0 spiro atoms. The molecule has 0 fully saturated rings. The van der Waals surface area contributed by atoms with E-state index in [0.717, 1.165) is 29.3 Å². The fourth-order valence-corrected chi connectivity index (χ4v) is 2.02. The Morgan fingerprint density at radius 1 is 1.38 bits per heavy atom. The van der Waals surface area contributed by atoms with Gasteiger partial charge in [-0.1, -0.05) is 53.9 Å². The van der Waals surface area contributed by atoms with Crippen molar-refractivity contribution in [1.29, 1.82) is 0 Å². The Kier molecular flexibility index (Phi) is 5.78. The van der Waals surface area contributed by atoms with Crippen molar-refractivity contribution in [2.24, 2.45) is 5.92 Å². The van der Waals surface area contributed by atoms with E-state index in [9.17, 15) is 5.11 Å². The van der Waals surface area contributed by atoms with Crippen LogP contribution >= 0.6 is 15.9 Å². The molecule has 1 nitrogen and oxygen atoms in total. The maximum atomic E-state index is 10.2. The molecule has 1 aromatic rings. The Labute approximate surface area is 106 Å². The molecule has 1 N–H and O–H groups in total. The van der Waals surface area contributed by atoms with E-state index in [1.54, 1.807) is 0 Å². The number of halogens is 1. The first-order chi connectivity index (χ1) is 7.69. The molecule has 0 amide bonds. The van der Waals surface area contributed by atoms with Crippen molar-refractivity contribution >= 4 is 15.9 Å². The summed E-state index contributed by atoms with van der Waals surface area (Å²) < 4.78 is 1.03. The van der Waals surface area contributed by atoms with Crippen LogP contribution in [-0.2, 0) is 0 Å². The molecular weight excluding hydrogens is 264 g/mol. The van der Waals surface area contributed by atoms with Crippen LogP contribution in [0.2, 0.25) is 0 Å². The topological polar surface area (TPSA) is 20.2 Å². The lowest BCUT2D eigenvalue weighted by atomic mass is 9.91. The maximum absolute atomic E-state index is 10.2. The second-order valence-electron chi connectivity index (χ2n) is 4.04. The van der Waals surface area contributed by atoms with E-state index in [1.807, 2.05) is 30.3 Å². The van der Waals surface area contributed by atoms with E-state index >= 15 is 0 Å². The molecule has 88 valence electrons. The molecule has 0 bridgehead atoms. The molecule has 0 aliphatic heterocycles. The molecule has 0 radical (unpaired) electrons. The van der Waals surface area contributed by atoms with E-state index < -0.39 is 6.10 Å². The molecule has 0 aliphatic rings. The lowest BCUT2D eigenvalue weighted by Gasteiger charge is -2.19. The molecule has 1 aromatic carbocycles. The van der Waals surface area contributed by atoms with Gasteiger partial charge in [-0.2, -0.15) is 0 Å². The summed E-state index contributed by atoms with van der Waals surface area (Å²) in [6.45, 7) is 5.97. The van der Waals surface area contributed by atoms with Crippen molar-refractivity contribution in [3.05, 3.63) is 47.0 Å². The van der Waals surface area contributed by atoms with Crippen LogP contribution in [0.1, 0.15) is 37.9 Å². The highest BCUT2D eigenvalue weighted by Crippen LogP contribution is 2.27. The molecule has 1 rings (SSSR count). The Bertz CT molecular complexity index is 318. The van der Waals surface area contributed by atoms with E-state index in [0.29, 0.717) is 0 Å². The van der Waals surface area contributed by atoms with Crippen LogP contribution in [0, 0.1) is 5.92 Å². The van der Waals surface area contributed by atoms with E-state index in [1.165, 1.54) is 0 Å². The zero-order chi connectivity index (χ0) is 12.0. The molecular formula is C14H19BrO. The van der Waals surface area contributed by atoms with E-state index in [4.69, 9.17) is 0 Å². The zero-order valence-electron chi connectivity index (χ0n) is 9.70. The summed E-state index contributed by atoms with van der Waals surface area (Å²) in [7, 11) is 0. The fourth-order valence-electron chi connectivity index (χ4n) is 1.75. The summed E-state index contributed by atoms with van der Waals surface area (Å²) in [5, 5.41) is 10.2. The number of aliphatic hydroxyl groups excluding tert-OH is 1. The largest absolute Gasteiger partial charge is 0.388 e. The predicted octanol–water partition coefficient (Wildman–Crippen LogP) is 4.47. The molecule has 16 heavy (non-hydrogen) atoms. The number of aliphatic hydroxyl groups is 1. The number of rotatable bonds is 6.